The highest BCUT2D eigenvalue weighted by Crippen LogP contribution is 2.35. The van der Waals surface area contributed by atoms with Crippen molar-refractivity contribution in [3.8, 4) is 5.75 Å². The maximum absolute atomic E-state index is 12.3. The minimum absolute atomic E-state index is 0.240. The third-order valence-electron chi connectivity index (χ3n) is 4.14. The van der Waals surface area contributed by atoms with E-state index in [1.807, 2.05) is 32.8 Å². The Kier molecular flexibility index (Phi) is 5.64. The van der Waals surface area contributed by atoms with Crippen molar-refractivity contribution in [3.05, 3.63) is 29.8 Å². The molecule has 120 valence electrons. The summed E-state index contributed by atoms with van der Waals surface area (Å²) in [5.74, 6) is -0.240. The molecule has 0 saturated heterocycles. The van der Waals surface area contributed by atoms with Crippen LogP contribution in [0.2, 0.25) is 0 Å². The molecule has 0 aliphatic carbocycles. The van der Waals surface area contributed by atoms with Gasteiger partial charge in [0, 0.05) is 11.6 Å². The molecule has 3 nitrogen and oxygen atoms in total. The van der Waals surface area contributed by atoms with Crippen LogP contribution in [0.4, 0.5) is 13.2 Å². The molecule has 1 rings (SSSR count). The molecule has 0 spiro atoms. The Morgan fingerprint density at radius 3 is 2.19 bits per heavy atom. The molecule has 0 heterocycles. The monoisotopic (exact) mass is 304 g/mol. The molecule has 0 aromatic heterocycles. The number of hydrogen-bond acceptors (Lipinski definition) is 3. The van der Waals surface area contributed by atoms with Crippen molar-refractivity contribution in [1.82, 2.24) is 4.90 Å². The zero-order valence-corrected chi connectivity index (χ0v) is 12.9. The topological polar surface area (TPSA) is 38.5 Å². The van der Waals surface area contributed by atoms with Gasteiger partial charge < -0.3 is 15.4 Å². The number of rotatable bonds is 6. The van der Waals surface area contributed by atoms with Gasteiger partial charge in [0.2, 0.25) is 0 Å². The summed E-state index contributed by atoms with van der Waals surface area (Å²) in [5, 5.41) is 0. The minimum Gasteiger partial charge on any atom is -0.406 e. The predicted octanol–water partition coefficient (Wildman–Crippen LogP) is 3.71. The first-order valence-corrected chi connectivity index (χ1v) is 6.95. The molecule has 1 aromatic carbocycles. The Hall–Kier alpha value is -1.27. The molecule has 6 heteroatoms. The van der Waals surface area contributed by atoms with Crippen LogP contribution in [0, 0.1) is 0 Å². The van der Waals surface area contributed by atoms with Gasteiger partial charge >= 0.3 is 6.36 Å². The van der Waals surface area contributed by atoms with Crippen LogP contribution in [0.15, 0.2) is 24.3 Å². The van der Waals surface area contributed by atoms with E-state index >= 15 is 0 Å². The maximum atomic E-state index is 12.3. The lowest BCUT2D eigenvalue weighted by Gasteiger charge is -2.43. The summed E-state index contributed by atoms with van der Waals surface area (Å²) in [6.07, 6.45) is -3.11. The number of nitrogens with two attached hydrogens (primary N) is 1. The molecular weight excluding hydrogens is 281 g/mol. The first-order chi connectivity index (χ1) is 9.66. The zero-order valence-electron chi connectivity index (χ0n) is 12.9. The van der Waals surface area contributed by atoms with Crippen molar-refractivity contribution in [3.63, 3.8) is 0 Å². The fraction of sp³-hybridized carbons (Fsp3) is 0.600. The summed E-state index contributed by atoms with van der Waals surface area (Å²) in [5.41, 5.74) is 6.68. The third-order valence-corrected chi connectivity index (χ3v) is 4.14. The highest BCUT2D eigenvalue weighted by molar-refractivity contribution is 5.32. The van der Waals surface area contributed by atoms with E-state index in [9.17, 15) is 13.2 Å². The molecule has 1 aromatic rings. The molecule has 0 saturated carbocycles. The molecule has 21 heavy (non-hydrogen) atoms. The Bertz CT molecular complexity index is 456. The summed E-state index contributed by atoms with van der Waals surface area (Å²) in [6, 6.07) is 5.50. The zero-order chi connectivity index (χ0) is 16.3. The fourth-order valence-corrected chi connectivity index (χ4v) is 2.82. The lowest BCUT2D eigenvalue weighted by Crippen LogP contribution is -2.51. The van der Waals surface area contributed by atoms with Crippen LogP contribution in [0.1, 0.15) is 38.3 Å². The van der Waals surface area contributed by atoms with Gasteiger partial charge in [-0.2, -0.15) is 0 Å². The highest BCUT2D eigenvalue weighted by atomic mass is 19.4. The Morgan fingerprint density at radius 1 is 1.19 bits per heavy atom. The molecule has 1 atom stereocenters. The quantitative estimate of drug-likeness (QED) is 0.871. The molecule has 0 amide bonds. The molecule has 2 N–H and O–H groups in total. The number of likely N-dealkylation sites (N-methyl/N-ethyl adjacent to an activating group) is 1. The van der Waals surface area contributed by atoms with Crippen molar-refractivity contribution < 1.29 is 17.9 Å². The first-order valence-electron chi connectivity index (χ1n) is 6.95. The van der Waals surface area contributed by atoms with E-state index in [2.05, 4.69) is 4.74 Å². The van der Waals surface area contributed by atoms with Crippen LogP contribution in [-0.2, 0) is 0 Å². The third kappa shape index (κ3) is 4.11. The molecule has 0 aliphatic rings. The maximum Gasteiger partial charge on any atom is 0.573 e. The van der Waals surface area contributed by atoms with E-state index in [1.165, 1.54) is 18.2 Å². The predicted molar refractivity (Wildman–Crippen MR) is 77.1 cm³/mol. The van der Waals surface area contributed by atoms with Gasteiger partial charge in [0.1, 0.15) is 5.75 Å². The van der Waals surface area contributed by atoms with Crippen molar-refractivity contribution in [1.29, 1.82) is 0 Å². The highest BCUT2D eigenvalue weighted by Gasteiger charge is 2.37. The van der Waals surface area contributed by atoms with Gasteiger partial charge in [-0.15, -0.1) is 13.2 Å². The molecular formula is C15H23F3N2O. The number of benzene rings is 1. The summed E-state index contributed by atoms with van der Waals surface area (Å²) >= 11 is 0. The van der Waals surface area contributed by atoms with Crippen molar-refractivity contribution in [2.75, 3.05) is 14.1 Å². The van der Waals surface area contributed by atoms with Gasteiger partial charge in [-0.1, -0.05) is 26.0 Å². The van der Waals surface area contributed by atoms with Gasteiger partial charge in [-0.25, -0.2) is 0 Å². The second-order valence-corrected chi connectivity index (χ2v) is 5.30. The van der Waals surface area contributed by atoms with E-state index in [-0.39, 0.29) is 11.3 Å². The largest absolute Gasteiger partial charge is 0.573 e. The summed E-state index contributed by atoms with van der Waals surface area (Å²) < 4.78 is 40.9. The Morgan fingerprint density at radius 2 is 1.76 bits per heavy atom. The van der Waals surface area contributed by atoms with Crippen LogP contribution in [0.5, 0.6) is 5.75 Å². The SMILES string of the molecule is CCC(CC)(C(N)c1cccc(OC(F)(F)F)c1)N(C)C. The molecule has 0 bridgehead atoms. The van der Waals surface area contributed by atoms with Gasteiger partial charge in [0.25, 0.3) is 0 Å². The Labute approximate surface area is 123 Å². The fourth-order valence-electron chi connectivity index (χ4n) is 2.82. The minimum atomic E-state index is -4.70. The first kappa shape index (κ1) is 17.8. The number of nitrogens with zero attached hydrogens (tertiary/aromatic N) is 1. The van der Waals surface area contributed by atoms with Gasteiger partial charge in [-0.05, 0) is 44.6 Å². The molecule has 0 aliphatic heterocycles. The molecule has 0 radical (unpaired) electrons. The van der Waals surface area contributed by atoms with Gasteiger partial charge in [0.05, 0.1) is 0 Å². The van der Waals surface area contributed by atoms with E-state index < -0.39 is 12.4 Å². The lowest BCUT2D eigenvalue weighted by atomic mass is 9.80. The molecule has 0 fully saturated rings. The normalized spacial score (nSPS) is 14.3. The van der Waals surface area contributed by atoms with Gasteiger partial charge in [-0.3, -0.25) is 0 Å². The van der Waals surface area contributed by atoms with E-state index in [1.54, 1.807) is 6.07 Å². The summed E-state index contributed by atoms with van der Waals surface area (Å²) in [7, 11) is 3.87. The van der Waals surface area contributed by atoms with Crippen LogP contribution < -0.4 is 10.5 Å². The second kappa shape index (κ2) is 6.66. The van der Waals surface area contributed by atoms with Crippen LogP contribution in [0.25, 0.3) is 0 Å². The van der Waals surface area contributed by atoms with Crippen molar-refractivity contribution in [2.45, 2.75) is 44.6 Å². The number of ether oxygens (including phenoxy) is 1. The van der Waals surface area contributed by atoms with Crippen molar-refractivity contribution in [2.24, 2.45) is 5.73 Å². The van der Waals surface area contributed by atoms with Crippen LogP contribution in [-0.4, -0.2) is 30.9 Å². The number of halogens is 3. The summed E-state index contributed by atoms with van der Waals surface area (Å²) in [6.45, 7) is 4.05. The van der Waals surface area contributed by atoms with E-state index in [0.29, 0.717) is 5.56 Å². The summed E-state index contributed by atoms with van der Waals surface area (Å²) in [4.78, 5) is 2.04. The Balaban J connectivity index is 3.12. The average molecular weight is 304 g/mol. The van der Waals surface area contributed by atoms with Crippen LogP contribution in [0.3, 0.4) is 0 Å². The van der Waals surface area contributed by atoms with Crippen molar-refractivity contribution >= 4 is 0 Å². The standard InChI is InChI=1S/C15H23F3N2O/c1-5-14(6-2,20(3)4)13(19)11-8-7-9-12(10-11)21-15(16,17)18/h7-10,13H,5-6,19H2,1-4H3. The van der Waals surface area contributed by atoms with E-state index in [4.69, 9.17) is 5.73 Å². The van der Waals surface area contributed by atoms with Crippen LogP contribution >= 0.6 is 0 Å². The second-order valence-electron chi connectivity index (χ2n) is 5.30. The number of hydrogen-bond donors (Lipinski definition) is 1. The van der Waals surface area contributed by atoms with Gasteiger partial charge in [0.15, 0.2) is 0 Å². The average Bonchev–Trinajstić information content (AvgIpc) is 2.38. The smallest absolute Gasteiger partial charge is 0.406 e. The number of alkyl halides is 3. The lowest BCUT2D eigenvalue weighted by molar-refractivity contribution is -0.274. The van der Waals surface area contributed by atoms with E-state index in [0.717, 1.165) is 12.8 Å². The molecule has 1 unspecified atom stereocenters.